The lowest BCUT2D eigenvalue weighted by Crippen LogP contribution is -2.15. The van der Waals surface area contributed by atoms with Gasteiger partial charge in [0.15, 0.2) is 20.8 Å². The minimum atomic E-state index is -3.67. The number of aromatic nitrogens is 3. The maximum Gasteiger partial charge on any atom is 0.234 e. The van der Waals surface area contributed by atoms with E-state index in [-0.39, 0.29) is 43.9 Å². The molecule has 35 heavy (non-hydrogen) atoms. The Kier molecular flexibility index (Phi) is 8.03. The molecule has 0 saturated carbocycles. The quantitative estimate of drug-likeness (QED) is 0.265. The average Bonchev–Trinajstić information content (AvgIpc) is 3.22. The summed E-state index contributed by atoms with van der Waals surface area (Å²) in [7, 11) is -3.67. The Balaban J connectivity index is 1.58. The summed E-state index contributed by atoms with van der Waals surface area (Å²) in [6.07, 6.45) is 0. The number of para-hydroxylation sites is 1. The smallest absolute Gasteiger partial charge is 0.234 e. The van der Waals surface area contributed by atoms with Gasteiger partial charge in [-0.3, -0.25) is 9.36 Å². The molecule has 0 spiro atoms. The lowest BCUT2D eigenvalue weighted by atomic mass is 10.3. The second-order valence-corrected chi connectivity index (χ2v) is 11.4. The number of nitrogens with zero attached hydrogens (tertiary/aromatic N) is 3. The summed E-state index contributed by atoms with van der Waals surface area (Å²) in [5, 5.41) is 12.1. The number of carbonyl (C=O) groups excluding carboxylic acids is 1. The summed E-state index contributed by atoms with van der Waals surface area (Å²) in [6.45, 7) is 0. The third kappa shape index (κ3) is 6.17. The van der Waals surface area contributed by atoms with Gasteiger partial charge in [-0.2, -0.15) is 0 Å². The molecule has 1 aromatic heterocycles. The molecule has 0 aliphatic rings. The molecule has 1 amide bonds. The third-order valence-electron chi connectivity index (χ3n) is 4.74. The second kappa shape index (κ2) is 11.0. The molecule has 1 N–H and O–H groups in total. The highest BCUT2D eigenvalue weighted by molar-refractivity contribution is 7.99. The molecule has 0 fully saturated rings. The number of benzene rings is 3. The van der Waals surface area contributed by atoms with E-state index in [1.807, 2.05) is 18.2 Å². The van der Waals surface area contributed by atoms with E-state index in [2.05, 4.69) is 15.5 Å². The first kappa shape index (κ1) is 25.5. The van der Waals surface area contributed by atoms with Crippen LogP contribution in [0.2, 0.25) is 15.1 Å². The Hall–Kier alpha value is -2.56. The van der Waals surface area contributed by atoms with Crippen LogP contribution in [0.3, 0.4) is 0 Å². The molecule has 0 unspecified atom stereocenters. The standard InChI is InChI=1S/C23H17Cl3N4O3S2/c24-15-11-18(25)22(19(26)12-15)27-21(31)13-34-23-29-28-20(30(23)16-7-3-1-4-8-16)14-35(32,33)17-9-5-2-6-10-17/h1-12H,13-14H2,(H,27,31). The van der Waals surface area contributed by atoms with Gasteiger partial charge in [0.1, 0.15) is 5.75 Å². The molecule has 0 aliphatic carbocycles. The molecule has 4 aromatic rings. The van der Waals surface area contributed by atoms with E-state index in [1.54, 1.807) is 34.9 Å². The van der Waals surface area contributed by atoms with Crippen molar-refractivity contribution in [3.8, 4) is 5.69 Å². The minimum Gasteiger partial charge on any atom is -0.323 e. The van der Waals surface area contributed by atoms with E-state index < -0.39 is 9.84 Å². The van der Waals surface area contributed by atoms with Gasteiger partial charge in [-0.05, 0) is 36.4 Å². The van der Waals surface area contributed by atoms with Crippen molar-refractivity contribution in [2.75, 3.05) is 11.1 Å². The minimum absolute atomic E-state index is 0.0499. The number of thioether (sulfide) groups is 1. The first-order valence-corrected chi connectivity index (χ1v) is 13.9. The van der Waals surface area contributed by atoms with Crippen LogP contribution in [0.5, 0.6) is 0 Å². The number of anilines is 1. The largest absolute Gasteiger partial charge is 0.323 e. The van der Waals surface area contributed by atoms with Crippen molar-refractivity contribution in [2.45, 2.75) is 15.8 Å². The fraction of sp³-hybridized carbons (Fsp3) is 0.0870. The number of rotatable bonds is 8. The summed E-state index contributed by atoms with van der Waals surface area (Å²) in [4.78, 5) is 12.8. The van der Waals surface area contributed by atoms with Crippen LogP contribution in [0.15, 0.2) is 82.8 Å². The van der Waals surface area contributed by atoms with Crippen molar-refractivity contribution in [3.63, 3.8) is 0 Å². The molecule has 7 nitrogen and oxygen atoms in total. The number of amides is 1. The number of halogens is 3. The van der Waals surface area contributed by atoms with Crippen LogP contribution in [0.1, 0.15) is 5.82 Å². The van der Waals surface area contributed by atoms with Crippen LogP contribution >= 0.6 is 46.6 Å². The van der Waals surface area contributed by atoms with Crippen LogP contribution in [-0.2, 0) is 20.4 Å². The maximum absolute atomic E-state index is 13.0. The average molecular weight is 568 g/mol. The van der Waals surface area contributed by atoms with Crippen molar-refractivity contribution in [1.29, 1.82) is 0 Å². The number of hydrogen-bond donors (Lipinski definition) is 1. The summed E-state index contributed by atoms with van der Waals surface area (Å²) >= 11 is 19.3. The molecule has 1 heterocycles. The lowest BCUT2D eigenvalue weighted by Gasteiger charge is -2.12. The fourth-order valence-corrected chi connectivity index (χ4v) is 6.12. The third-order valence-corrected chi connectivity index (χ3v) is 8.11. The lowest BCUT2D eigenvalue weighted by molar-refractivity contribution is -0.113. The Bertz CT molecular complexity index is 1440. The van der Waals surface area contributed by atoms with E-state index in [4.69, 9.17) is 34.8 Å². The summed E-state index contributed by atoms with van der Waals surface area (Å²) in [5.74, 6) is -0.568. The Labute approximate surface area is 221 Å². The van der Waals surface area contributed by atoms with Crippen LogP contribution in [0.25, 0.3) is 5.69 Å². The highest BCUT2D eigenvalue weighted by atomic mass is 35.5. The molecule has 0 radical (unpaired) electrons. The van der Waals surface area contributed by atoms with Gasteiger partial charge in [0.25, 0.3) is 0 Å². The number of carbonyl (C=O) groups is 1. The van der Waals surface area contributed by atoms with Gasteiger partial charge in [-0.1, -0.05) is 83.0 Å². The van der Waals surface area contributed by atoms with Crippen molar-refractivity contribution < 1.29 is 13.2 Å². The molecule has 180 valence electrons. The van der Waals surface area contributed by atoms with Crippen LogP contribution < -0.4 is 5.32 Å². The van der Waals surface area contributed by atoms with Gasteiger partial charge >= 0.3 is 0 Å². The molecular formula is C23H17Cl3N4O3S2. The van der Waals surface area contributed by atoms with Crippen LogP contribution in [0, 0.1) is 0 Å². The van der Waals surface area contributed by atoms with Gasteiger partial charge in [0.05, 0.1) is 26.4 Å². The zero-order chi connectivity index (χ0) is 25.0. The first-order valence-electron chi connectivity index (χ1n) is 10.1. The Morgan fingerprint density at radius 3 is 2.14 bits per heavy atom. The number of sulfone groups is 1. The molecule has 4 rings (SSSR count). The molecule has 0 saturated heterocycles. The van der Waals surface area contributed by atoms with Crippen molar-refractivity contribution in [1.82, 2.24) is 14.8 Å². The van der Waals surface area contributed by atoms with E-state index >= 15 is 0 Å². The van der Waals surface area contributed by atoms with E-state index in [1.165, 1.54) is 24.3 Å². The molecule has 0 bridgehead atoms. The monoisotopic (exact) mass is 566 g/mol. The topological polar surface area (TPSA) is 94.0 Å². The van der Waals surface area contributed by atoms with Gasteiger partial charge < -0.3 is 5.32 Å². The van der Waals surface area contributed by atoms with Crippen molar-refractivity contribution in [3.05, 3.63) is 93.7 Å². The van der Waals surface area contributed by atoms with Crippen molar-refractivity contribution >= 4 is 68.0 Å². The van der Waals surface area contributed by atoms with Gasteiger partial charge in [-0.15, -0.1) is 10.2 Å². The Morgan fingerprint density at radius 1 is 0.914 bits per heavy atom. The van der Waals surface area contributed by atoms with E-state index in [0.29, 0.717) is 15.9 Å². The van der Waals surface area contributed by atoms with Crippen LogP contribution in [0.4, 0.5) is 5.69 Å². The SMILES string of the molecule is O=C(CSc1nnc(CS(=O)(=O)c2ccccc2)n1-c1ccccc1)Nc1c(Cl)cc(Cl)cc1Cl. The zero-order valence-electron chi connectivity index (χ0n) is 17.9. The van der Waals surface area contributed by atoms with Crippen LogP contribution in [-0.4, -0.2) is 34.8 Å². The van der Waals surface area contributed by atoms with Crippen molar-refractivity contribution in [2.24, 2.45) is 0 Å². The maximum atomic E-state index is 13.0. The van der Waals surface area contributed by atoms with E-state index in [0.717, 1.165) is 11.8 Å². The van der Waals surface area contributed by atoms with E-state index in [9.17, 15) is 13.2 Å². The second-order valence-electron chi connectivity index (χ2n) is 7.22. The van der Waals surface area contributed by atoms with Gasteiger partial charge in [-0.25, -0.2) is 8.42 Å². The highest BCUT2D eigenvalue weighted by Gasteiger charge is 2.23. The highest BCUT2D eigenvalue weighted by Crippen LogP contribution is 2.34. The first-order chi connectivity index (χ1) is 16.7. The summed E-state index contributed by atoms with van der Waals surface area (Å²) in [5.41, 5.74) is 0.921. The number of nitrogens with one attached hydrogen (secondary N) is 1. The summed E-state index contributed by atoms with van der Waals surface area (Å²) < 4.78 is 27.6. The molecule has 12 heteroatoms. The van der Waals surface area contributed by atoms with Gasteiger partial charge in [0.2, 0.25) is 5.91 Å². The predicted molar refractivity (Wildman–Crippen MR) is 140 cm³/mol. The van der Waals surface area contributed by atoms with Gasteiger partial charge in [0, 0.05) is 10.7 Å². The predicted octanol–water partition coefficient (Wildman–Crippen LogP) is 5.93. The normalized spacial score (nSPS) is 11.4. The number of hydrogen-bond acceptors (Lipinski definition) is 6. The zero-order valence-corrected chi connectivity index (χ0v) is 21.8. The molecule has 3 aromatic carbocycles. The Morgan fingerprint density at radius 2 is 1.51 bits per heavy atom. The summed E-state index contributed by atoms with van der Waals surface area (Å²) in [6, 6.07) is 20.2. The molecule has 0 atom stereocenters. The molecular weight excluding hydrogens is 551 g/mol. The fourth-order valence-electron chi connectivity index (χ4n) is 3.17. The molecule has 0 aliphatic heterocycles.